The maximum Gasteiger partial charge on any atom is 0.259 e. The number of ether oxygens (including phenoxy) is 1. The molecule has 0 spiro atoms. The highest BCUT2D eigenvalue weighted by molar-refractivity contribution is 7.91. The first kappa shape index (κ1) is 25.5. The van der Waals surface area contributed by atoms with Gasteiger partial charge in [-0.25, -0.2) is 8.42 Å². The van der Waals surface area contributed by atoms with Gasteiger partial charge in [0.05, 0.1) is 40.4 Å². The molecule has 192 valence electrons. The van der Waals surface area contributed by atoms with Crippen molar-refractivity contribution < 1.29 is 22.7 Å². The first-order chi connectivity index (χ1) is 18.2. The Kier molecular flexibility index (Phi) is 6.69. The molecule has 0 atom stereocenters. The number of hydrogen-bond donors (Lipinski definition) is 1. The third kappa shape index (κ3) is 4.64. The Hall–Kier alpha value is -4.14. The lowest BCUT2D eigenvalue weighted by molar-refractivity contribution is 0.0979. The van der Waals surface area contributed by atoms with Gasteiger partial charge in [-0.3, -0.25) is 9.59 Å². The van der Waals surface area contributed by atoms with E-state index >= 15 is 0 Å². The number of methoxy groups -OCH3 is 1. The van der Waals surface area contributed by atoms with Gasteiger partial charge in [0.1, 0.15) is 5.75 Å². The largest absolute Gasteiger partial charge is 0.495 e. The van der Waals surface area contributed by atoms with Gasteiger partial charge in [0, 0.05) is 10.6 Å². The summed E-state index contributed by atoms with van der Waals surface area (Å²) in [7, 11) is -2.56. The maximum absolute atomic E-state index is 13.8. The number of aryl methyl sites for hydroxylation is 1. The molecule has 0 aliphatic carbocycles. The number of fused-ring (bicyclic) bond motifs is 2. The van der Waals surface area contributed by atoms with Crippen LogP contribution in [0.1, 0.15) is 31.8 Å². The molecule has 0 saturated heterocycles. The molecule has 4 aromatic carbocycles. The first-order valence-corrected chi connectivity index (χ1v) is 13.6. The van der Waals surface area contributed by atoms with E-state index in [0.717, 1.165) is 5.56 Å². The summed E-state index contributed by atoms with van der Waals surface area (Å²) >= 11 is 6.17. The molecular formula is C29H23ClN2O5S. The molecule has 0 aromatic heterocycles. The maximum atomic E-state index is 13.8. The molecule has 5 rings (SSSR count). The summed E-state index contributed by atoms with van der Waals surface area (Å²) in [5, 5.41) is 3.31. The van der Waals surface area contributed by atoms with E-state index in [4.69, 9.17) is 16.3 Å². The van der Waals surface area contributed by atoms with Crippen LogP contribution >= 0.6 is 11.6 Å². The molecule has 0 fully saturated rings. The second-order valence-electron chi connectivity index (χ2n) is 8.86. The van der Waals surface area contributed by atoms with E-state index in [1.54, 1.807) is 48.5 Å². The smallest absolute Gasteiger partial charge is 0.259 e. The van der Waals surface area contributed by atoms with Gasteiger partial charge in [0.25, 0.3) is 11.8 Å². The Bertz CT molecular complexity index is 1700. The molecule has 1 N–H and O–H groups in total. The number of rotatable bonds is 5. The molecule has 38 heavy (non-hydrogen) atoms. The van der Waals surface area contributed by atoms with Crippen LogP contribution in [0.5, 0.6) is 5.75 Å². The van der Waals surface area contributed by atoms with Crippen LogP contribution in [0.4, 0.5) is 11.4 Å². The minimum atomic E-state index is -4.06. The third-order valence-electron chi connectivity index (χ3n) is 6.29. The molecule has 0 saturated carbocycles. The molecule has 1 aliphatic rings. The second kappa shape index (κ2) is 9.96. The van der Waals surface area contributed by atoms with Gasteiger partial charge in [-0.15, -0.1) is 0 Å². The minimum absolute atomic E-state index is 0.0486. The zero-order valence-electron chi connectivity index (χ0n) is 20.6. The Balaban J connectivity index is 1.64. The number of benzene rings is 4. The summed E-state index contributed by atoms with van der Waals surface area (Å²) in [6.07, 6.45) is 0. The fraction of sp³-hybridized carbons (Fsp3) is 0.103. The van der Waals surface area contributed by atoms with Crippen molar-refractivity contribution >= 4 is 44.6 Å². The summed E-state index contributed by atoms with van der Waals surface area (Å²) in [4.78, 5) is 28.3. The molecule has 1 heterocycles. The van der Waals surface area contributed by atoms with Crippen molar-refractivity contribution in [2.75, 3.05) is 17.3 Å². The number of hydrogen-bond acceptors (Lipinski definition) is 5. The van der Waals surface area contributed by atoms with Crippen molar-refractivity contribution in [2.24, 2.45) is 0 Å². The van der Waals surface area contributed by atoms with Crippen LogP contribution in [0.25, 0.3) is 0 Å². The van der Waals surface area contributed by atoms with Gasteiger partial charge in [-0.2, -0.15) is 0 Å². The highest BCUT2D eigenvalue weighted by atomic mass is 35.5. The Morgan fingerprint density at radius 2 is 1.74 bits per heavy atom. The quantitative estimate of drug-likeness (QED) is 0.336. The molecule has 0 bridgehead atoms. The van der Waals surface area contributed by atoms with Crippen LogP contribution in [0.3, 0.4) is 0 Å². The zero-order valence-corrected chi connectivity index (χ0v) is 22.1. The Morgan fingerprint density at radius 1 is 0.947 bits per heavy atom. The van der Waals surface area contributed by atoms with Gasteiger partial charge in [-0.05, 0) is 72.6 Å². The van der Waals surface area contributed by atoms with E-state index in [9.17, 15) is 18.0 Å². The van der Waals surface area contributed by atoms with Crippen molar-refractivity contribution in [1.82, 2.24) is 0 Å². The van der Waals surface area contributed by atoms with Crippen LogP contribution in [0.15, 0.2) is 94.7 Å². The number of anilines is 2. The summed E-state index contributed by atoms with van der Waals surface area (Å²) in [6, 6.07) is 22.7. The van der Waals surface area contributed by atoms with Crippen molar-refractivity contribution in [3.8, 4) is 5.75 Å². The molecule has 2 amide bonds. The predicted octanol–water partition coefficient (Wildman–Crippen LogP) is 5.90. The van der Waals surface area contributed by atoms with E-state index in [-0.39, 0.29) is 33.2 Å². The van der Waals surface area contributed by atoms with Crippen molar-refractivity contribution in [2.45, 2.75) is 23.3 Å². The number of halogens is 1. The van der Waals surface area contributed by atoms with Crippen LogP contribution in [0.2, 0.25) is 5.02 Å². The first-order valence-electron chi connectivity index (χ1n) is 11.7. The average molecular weight is 547 g/mol. The average Bonchev–Trinajstić information content (AvgIpc) is 2.97. The highest BCUT2D eigenvalue weighted by Gasteiger charge is 2.36. The summed E-state index contributed by atoms with van der Waals surface area (Å²) < 4.78 is 32.7. The van der Waals surface area contributed by atoms with E-state index in [1.807, 2.05) is 13.0 Å². The number of amides is 2. The van der Waals surface area contributed by atoms with Crippen LogP contribution < -0.4 is 15.0 Å². The molecule has 4 aromatic rings. The lowest BCUT2D eigenvalue weighted by atomic mass is 10.1. The van der Waals surface area contributed by atoms with Crippen molar-refractivity contribution in [1.29, 1.82) is 0 Å². The van der Waals surface area contributed by atoms with E-state index < -0.39 is 21.7 Å². The van der Waals surface area contributed by atoms with Crippen molar-refractivity contribution in [3.63, 3.8) is 0 Å². The molecular weight excluding hydrogens is 524 g/mol. The number of nitrogens with one attached hydrogen (secondary N) is 1. The van der Waals surface area contributed by atoms with Gasteiger partial charge in [-0.1, -0.05) is 41.9 Å². The van der Waals surface area contributed by atoms with Crippen LogP contribution in [-0.2, 0) is 16.4 Å². The molecule has 0 radical (unpaired) electrons. The number of nitrogens with zero attached hydrogens (tertiary/aromatic N) is 1. The van der Waals surface area contributed by atoms with E-state index in [2.05, 4.69) is 5.32 Å². The minimum Gasteiger partial charge on any atom is -0.495 e. The van der Waals surface area contributed by atoms with Crippen LogP contribution in [0, 0.1) is 6.92 Å². The van der Waals surface area contributed by atoms with E-state index in [0.29, 0.717) is 22.0 Å². The summed E-state index contributed by atoms with van der Waals surface area (Å²) in [5.74, 6) is -0.499. The number of carbonyl (C=O) groups is 2. The molecule has 9 heteroatoms. The second-order valence-corrected chi connectivity index (χ2v) is 11.2. The van der Waals surface area contributed by atoms with E-state index in [1.165, 1.54) is 42.3 Å². The Labute approximate surface area is 225 Å². The lowest BCUT2D eigenvalue weighted by Gasteiger charge is -2.23. The topological polar surface area (TPSA) is 92.8 Å². The molecule has 7 nitrogen and oxygen atoms in total. The number of carbonyl (C=O) groups excluding carboxylic acids is 2. The fourth-order valence-corrected chi connectivity index (χ4v) is 6.28. The number of sulfone groups is 1. The monoisotopic (exact) mass is 546 g/mol. The highest BCUT2D eigenvalue weighted by Crippen LogP contribution is 2.38. The summed E-state index contributed by atoms with van der Waals surface area (Å²) in [5.41, 5.74) is 2.44. The Morgan fingerprint density at radius 3 is 2.50 bits per heavy atom. The van der Waals surface area contributed by atoms with Gasteiger partial charge in [0.2, 0.25) is 9.84 Å². The molecule has 0 unspecified atom stereocenters. The fourth-order valence-electron chi connectivity index (χ4n) is 4.44. The van der Waals surface area contributed by atoms with Crippen molar-refractivity contribution in [3.05, 3.63) is 112 Å². The van der Waals surface area contributed by atoms with Gasteiger partial charge < -0.3 is 15.0 Å². The standard InChI is InChI=1S/C29H23ClN2O5S/c1-18-10-12-25(37-2)23(14-18)31-28(33)20-11-13-27-24(16-20)32(17-19-6-5-7-21(30)15-19)29(34)22-8-3-4-9-26(22)38(27,35)36/h3-16H,17H2,1-2H3,(H,31,33). The van der Waals surface area contributed by atoms with Gasteiger partial charge >= 0.3 is 0 Å². The third-order valence-corrected chi connectivity index (χ3v) is 8.38. The van der Waals surface area contributed by atoms with Crippen LogP contribution in [-0.4, -0.2) is 27.3 Å². The normalized spacial score (nSPS) is 13.8. The lowest BCUT2D eigenvalue weighted by Crippen LogP contribution is -2.30. The predicted molar refractivity (Wildman–Crippen MR) is 146 cm³/mol. The van der Waals surface area contributed by atoms with Gasteiger partial charge in [0.15, 0.2) is 0 Å². The summed E-state index contributed by atoms with van der Waals surface area (Å²) in [6.45, 7) is 1.94. The zero-order chi connectivity index (χ0) is 27.0. The SMILES string of the molecule is COc1ccc(C)cc1NC(=O)c1ccc2c(c1)N(Cc1cccc(Cl)c1)C(=O)c1ccccc1S2(=O)=O. The molecule has 1 aliphatic heterocycles.